The highest BCUT2D eigenvalue weighted by molar-refractivity contribution is 5.27. The largest absolute Gasteiger partial charge is 0.378 e. The van der Waals surface area contributed by atoms with Crippen molar-refractivity contribution in [2.75, 3.05) is 31.2 Å². The van der Waals surface area contributed by atoms with Crippen molar-refractivity contribution in [3.63, 3.8) is 0 Å². The molecule has 2 rings (SSSR count). The minimum absolute atomic E-state index is 0.466. The van der Waals surface area contributed by atoms with Gasteiger partial charge in [0.2, 0.25) is 5.89 Å². The molecule has 1 fully saturated rings. The second-order valence-corrected chi connectivity index (χ2v) is 4.28. The van der Waals surface area contributed by atoms with Crippen LogP contribution in [0, 0.1) is 0 Å². The van der Waals surface area contributed by atoms with Gasteiger partial charge in [-0.25, -0.2) is 0 Å². The molecule has 0 aromatic carbocycles. The van der Waals surface area contributed by atoms with Crippen LogP contribution in [0.4, 0.5) is 5.95 Å². The minimum atomic E-state index is 0.466. The molecule has 0 amide bonds. The number of ether oxygens (including phenoxy) is 1. The van der Waals surface area contributed by atoms with Crippen LogP contribution in [-0.4, -0.2) is 42.5 Å². The summed E-state index contributed by atoms with van der Waals surface area (Å²) in [7, 11) is 0. The zero-order valence-corrected chi connectivity index (χ0v) is 10.5. The van der Waals surface area contributed by atoms with Gasteiger partial charge in [0.25, 0.3) is 5.95 Å². The summed E-state index contributed by atoms with van der Waals surface area (Å²) in [6.07, 6.45) is 1.09. The molecule has 0 spiro atoms. The fourth-order valence-corrected chi connectivity index (χ4v) is 1.62. The van der Waals surface area contributed by atoms with Crippen LogP contribution in [0.15, 0.2) is 4.52 Å². The summed E-state index contributed by atoms with van der Waals surface area (Å²) < 4.78 is 10.5. The molecule has 1 aromatic rings. The molecule has 17 heavy (non-hydrogen) atoms. The van der Waals surface area contributed by atoms with E-state index >= 15 is 0 Å². The van der Waals surface area contributed by atoms with E-state index in [1.807, 2.05) is 0 Å². The Kier molecular flexibility index (Phi) is 4.33. The number of rotatable bonds is 5. The number of anilines is 1. The standard InChI is InChI=1S/C11H20N4O2/c1-3-9(2)12-8-10-13-11(14-17-10)15-4-6-16-7-5-15/h9,12H,3-8H2,1-2H3. The number of aromatic nitrogens is 2. The average molecular weight is 240 g/mol. The van der Waals surface area contributed by atoms with E-state index in [0.29, 0.717) is 24.4 Å². The van der Waals surface area contributed by atoms with E-state index in [4.69, 9.17) is 9.26 Å². The van der Waals surface area contributed by atoms with Gasteiger partial charge in [0.1, 0.15) is 0 Å². The molecule has 1 unspecified atom stereocenters. The zero-order valence-electron chi connectivity index (χ0n) is 10.5. The van der Waals surface area contributed by atoms with Crippen LogP contribution >= 0.6 is 0 Å². The van der Waals surface area contributed by atoms with Crippen LogP contribution in [-0.2, 0) is 11.3 Å². The summed E-state index contributed by atoms with van der Waals surface area (Å²) in [5.41, 5.74) is 0. The van der Waals surface area contributed by atoms with Gasteiger partial charge in [0.15, 0.2) is 0 Å². The lowest BCUT2D eigenvalue weighted by molar-refractivity contribution is 0.121. The first kappa shape index (κ1) is 12.3. The maximum Gasteiger partial charge on any atom is 0.266 e. The van der Waals surface area contributed by atoms with Crippen LogP contribution < -0.4 is 10.2 Å². The number of nitrogens with one attached hydrogen (secondary N) is 1. The third-order valence-corrected chi connectivity index (χ3v) is 2.97. The Morgan fingerprint density at radius 3 is 2.88 bits per heavy atom. The van der Waals surface area contributed by atoms with Gasteiger partial charge in [-0.3, -0.25) is 0 Å². The SMILES string of the molecule is CCC(C)NCc1nc(N2CCOCC2)no1. The summed E-state index contributed by atoms with van der Waals surface area (Å²) in [5, 5.41) is 7.31. The number of morpholine rings is 1. The molecule has 1 aliphatic heterocycles. The first-order chi connectivity index (χ1) is 8.29. The fraction of sp³-hybridized carbons (Fsp3) is 0.818. The lowest BCUT2D eigenvalue weighted by Gasteiger charge is -2.24. The van der Waals surface area contributed by atoms with Crippen molar-refractivity contribution in [3.8, 4) is 0 Å². The number of hydrogen-bond donors (Lipinski definition) is 1. The Bertz CT molecular complexity index is 336. The van der Waals surface area contributed by atoms with Gasteiger partial charge in [-0.1, -0.05) is 6.92 Å². The topological polar surface area (TPSA) is 63.4 Å². The molecule has 1 N–H and O–H groups in total. The second kappa shape index (κ2) is 5.97. The van der Waals surface area contributed by atoms with E-state index in [1.165, 1.54) is 0 Å². The smallest absolute Gasteiger partial charge is 0.266 e. The van der Waals surface area contributed by atoms with Crippen LogP contribution in [0.1, 0.15) is 26.2 Å². The second-order valence-electron chi connectivity index (χ2n) is 4.28. The highest BCUT2D eigenvalue weighted by Crippen LogP contribution is 2.11. The molecule has 96 valence electrons. The first-order valence-electron chi connectivity index (χ1n) is 6.18. The Morgan fingerprint density at radius 1 is 1.41 bits per heavy atom. The van der Waals surface area contributed by atoms with Gasteiger partial charge in [0, 0.05) is 19.1 Å². The third kappa shape index (κ3) is 3.41. The first-order valence-corrected chi connectivity index (χ1v) is 6.18. The Labute approximate surface area is 101 Å². The van der Waals surface area contributed by atoms with Crippen LogP contribution in [0.2, 0.25) is 0 Å². The van der Waals surface area contributed by atoms with E-state index in [0.717, 1.165) is 32.7 Å². The molecule has 0 aliphatic carbocycles. The monoisotopic (exact) mass is 240 g/mol. The van der Waals surface area contributed by atoms with E-state index in [2.05, 4.69) is 34.2 Å². The quantitative estimate of drug-likeness (QED) is 0.821. The molecule has 6 nitrogen and oxygen atoms in total. The van der Waals surface area contributed by atoms with Crippen molar-refractivity contribution in [2.45, 2.75) is 32.9 Å². The van der Waals surface area contributed by atoms with Crippen LogP contribution in [0.3, 0.4) is 0 Å². The highest BCUT2D eigenvalue weighted by Gasteiger charge is 2.16. The van der Waals surface area contributed by atoms with Gasteiger partial charge in [-0.05, 0) is 18.5 Å². The molecule has 1 aromatic heterocycles. The molecule has 6 heteroatoms. The van der Waals surface area contributed by atoms with Gasteiger partial charge in [-0.2, -0.15) is 4.98 Å². The van der Waals surface area contributed by atoms with Crippen molar-refractivity contribution in [1.82, 2.24) is 15.5 Å². The molecule has 1 saturated heterocycles. The highest BCUT2D eigenvalue weighted by atomic mass is 16.5. The molecular weight excluding hydrogens is 220 g/mol. The van der Waals surface area contributed by atoms with Crippen molar-refractivity contribution in [2.24, 2.45) is 0 Å². The van der Waals surface area contributed by atoms with Gasteiger partial charge in [0.05, 0.1) is 19.8 Å². The minimum Gasteiger partial charge on any atom is -0.378 e. The van der Waals surface area contributed by atoms with Gasteiger partial charge in [-0.15, -0.1) is 0 Å². The van der Waals surface area contributed by atoms with E-state index in [9.17, 15) is 0 Å². The molecule has 2 heterocycles. The fourth-order valence-electron chi connectivity index (χ4n) is 1.62. The van der Waals surface area contributed by atoms with Crippen molar-refractivity contribution in [3.05, 3.63) is 5.89 Å². The Balaban J connectivity index is 1.86. The van der Waals surface area contributed by atoms with Crippen molar-refractivity contribution < 1.29 is 9.26 Å². The Morgan fingerprint density at radius 2 is 2.18 bits per heavy atom. The predicted molar refractivity (Wildman–Crippen MR) is 63.9 cm³/mol. The summed E-state index contributed by atoms with van der Waals surface area (Å²) in [5.74, 6) is 1.32. The lowest BCUT2D eigenvalue weighted by atomic mass is 10.3. The molecular formula is C11H20N4O2. The summed E-state index contributed by atoms with van der Waals surface area (Å²) >= 11 is 0. The van der Waals surface area contributed by atoms with E-state index in [-0.39, 0.29) is 0 Å². The summed E-state index contributed by atoms with van der Waals surface area (Å²) in [6, 6.07) is 0.466. The maximum atomic E-state index is 5.28. The van der Waals surface area contributed by atoms with Crippen LogP contribution in [0.5, 0.6) is 0 Å². The summed E-state index contributed by atoms with van der Waals surface area (Å²) in [4.78, 5) is 6.45. The normalized spacial score (nSPS) is 18.4. The third-order valence-electron chi connectivity index (χ3n) is 2.97. The predicted octanol–water partition coefficient (Wildman–Crippen LogP) is 0.794. The van der Waals surface area contributed by atoms with Crippen molar-refractivity contribution >= 4 is 5.95 Å². The summed E-state index contributed by atoms with van der Waals surface area (Å²) in [6.45, 7) is 8.04. The number of nitrogens with zero attached hydrogens (tertiary/aromatic N) is 3. The molecule has 0 saturated carbocycles. The molecule has 0 bridgehead atoms. The maximum absolute atomic E-state index is 5.28. The van der Waals surface area contributed by atoms with Gasteiger partial charge < -0.3 is 19.5 Å². The van der Waals surface area contributed by atoms with Crippen LogP contribution in [0.25, 0.3) is 0 Å². The molecule has 1 atom stereocenters. The average Bonchev–Trinajstić information content (AvgIpc) is 2.86. The van der Waals surface area contributed by atoms with Gasteiger partial charge >= 0.3 is 0 Å². The lowest BCUT2D eigenvalue weighted by Crippen LogP contribution is -2.36. The zero-order chi connectivity index (χ0) is 12.1. The van der Waals surface area contributed by atoms with Crippen molar-refractivity contribution in [1.29, 1.82) is 0 Å². The molecule has 0 radical (unpaired) electrons. The Hall–Kier alpha value is -1.14. The number of hydrogen-bond acceptors (Lipinski definition) is 6. The van der Waals surface area contributed by atoms with E-state index in [1.54, 1.807) is 0 Å². The van der Waals surface area contributed by atoms with E-state index < -0.39 is 0 Å². The molecule has 1 aliphatic rings.